The first-order valence-electron chi connectivity index (χ1n) is 7.14. The molecular formula is C16H22O4. The molecule has 0 spiro atoms. The molecule has 4 nitrogen and oxygen atoms in total. The quantitative estimate of drug-likeness (QED) is 0.623. The highest BCUT2D eigenvalue weighted by Crippen LogP contribution is 2.31. The SMILES string of the molecule is COc1ccccc1C(=O)OOC1C(C)CCCC1C. The molecule has 1 aliphatic carbocycles. The van der Waals surface area contributed by atoms with Crippen molar-refractivity contribution >= 4 is 5.97 Å². The maximum Gasteiger partial charge on any atom is 0.376 e. The molecule has 1 aromatic carbocycles. The summed E-state index contributed by atoms with van der Waals surface area (Å²) >= 11 is 0. The van der Waals surface area contributed by atoms with Crippen LogP contribution in [0, 0.1) is 11.8 Å². The molecule has 0 aliphatic heterocycles. The number of ether oxygens (including phenoxy) is 1. The topological polar surface area (TPSA) is 44.8 Å². The smallest absolute Gasteiger partial charge is 0.376 e. The predicted molar refractivity (Wildman–Crippen MR) is 75.5 cm³/mol. The van der Waals surface area contributed by atoms with Crippen molar-refractivity contribution in [2.75, 3.05) is 7.11 Å². The molecule has 1 aromatic rings. The van der Waals surface area contributed by atoms with Crippen molar-refractivity contribution in [2.45, 2.75) is 39.2 Å². The average Bonchev–Trinajstić information content (AvgIpc) is 2.46. The minimum Gasteiger partial charge on any atom is -0.496 e. The van der Waals surface area contributed by atoms with Crippen LogP contribution in [-0.4, -0.2) is 19.2 Å². The molecule has 0 radical (unpaired) electrons. The molecule has 1 saturated carbocycles. The van der Waals surface area contributed by atoms with Gasteiger partial charge in [0, 0.05) is 0 Å². The molecule has 2 rings (SSSR count). The summed E-state index contributed by atoms with van der Waals surface area (Å²) in [5.41, 5.74) is 0.381. The third kappa shape index (κ3) is 3.31. The lowest BCUT2D eigenvalue weighted by atomic mass is 9.81. The Bertz CT molecular complexity index is 448. The Morgan fingerprint density at radius 2 is 1.80 bits per heavy atom. The van der Waals surface area contributed by atoms with Crippen LogP contribution >= 0.6 is 0 Å². The van der Waals surface area contributed by atoms with E-state index in [1.54, 1.807) is 18.2 Å². The number of carbonyl (C=O) groups excluding carboxylic acids is 1. The Morgan fingerprint density at radius 1 is 1.15 bits per heavy atom. The molecule has 0 saturated heterocycles. The van der Waals surface area contributed by atoms with Gasteiger partial charge in [-0.05, 0) is 36.8 Å². The number of hydrogen-bond acceptors (Lipinski definition) is 4. The fourth-order valence-electron chi connectivity index (χ4n) is 2.80. The normalized spacial score (nSPS) is 26.1. The number of hydrogen-bond donors (Lipinski definition) is 0. The zero-order valence-corrected chi connectivity index (χ0v) is 12.3. The molecule has 0 bridgehead atoms. The van der Waals surface area contributed by atoms with Crippen molar-refractivity contribution in [1.82, 2.24) is 0 Å². The summed E-state index contributed by atoms with van der Waals surface area (Å²) in [7, 11) is 1.53. The summed E-state index contributed by atoms with van der Waals surface area (Å²) in [6.07, 6.45) is 3.41. The molecule has 0 aromatic heterocycles. The van der Waals surface area contributed by atoms with Crippen molar-refractivity contribution in [1.29, 1.82) is 0 Å². The van der Waals surface area contributed by atoms with Gasteiger partial charge in [0.15, 0.2) is 0 Å². The van der Waals surface area contributed by atoms with Crippen molar-refractivity contribution in [3.05, 3.63) is 29.8 Å². The Morgan fingerprint density at radius 3 is 2.45 bits per heavy atom. The van der Waals surface area contributed by atoms with Gasteiger partial charge in [0.25, 0.3) is 0 Å². The lowest BCUT2D eigenvalue weighted by Crippen LogP contribution is -2.33. The highest BCUT2D eigenvalue weighted by molar-refractivity contribution is 5.92. The third-order valence-electron chi connectivity index (χ3n) is 4.00. The molecule has 4 heteroatoms. The van der Waals surface area contributed by atoms with E-state index in [1.165, 1.54) is 13.5 Å². The van der Waals surface area contributed by atoms with E-state index in [-0.39, 0.29) is 6.10 Å². The van der Waals surface area contributed by atoms with Crippen LogP contribution in [0.1, 0.15) is 43.5 Å². The minimum absolute atomic E-state index is 0.0255. The first-order valence-corrected chi connectivity index (χ1v) is 7.14. The second kappa shape index (κ2) is 6.75. The molecule has 0 N–H and O–H groups in total. The summed E-state index contributed by atoms with van der Waals surface area (Å²) in [6, 6.07) is 6.97. The molecule has 1 aliphatic rings. The summed E-state index contributed by atoms with van der Waals surface area (Å²) in [6.45, 7) is 4.27. The van der Waals surface area contributed by atoms with E-state index in [0.29, 0.717) is 23.1 Å². The molecule has 20 heavy (non-hydrogen) atoms. The second-order valence-corrected chi connectivity index (χ2v) is 5.52. The largest absolute Gasteiger partial charge is 0.496 e. The number of methoxy groups -OCH3 is 1. The fraction of sp³-hybridized carbons (Fsp3) is 0.562. The van der Waals surface area contributed by atoms with Gasteiger partial charge >= 0.3 is 5.97 Å². The molecule has 0 amide bonds. The van der Waals surface area contributed by atoms with E-state index in [9.17, 15) is 4.79 Å². The van der Waals surface area contributed by atoms with Gasteiger partial charge in [-0.1, -0.05) is 32.4 Å². The van der Waals surface area contributed by atoms with E-state index < -0.39 is 5.97 Å². The first-order chi connectivity index (χ1) is 9.63. The van der Waals surface area contributed by atoms with Gasteiger partial charge in [-0.25, -0.2) is 4.79 Å². The Hall–Kier alpha value is -1.55. The van der Waals surface area contributed by atoms with Gasteiger partial charge in [0.1, 0.15) is 17.4 Å². The Kier molecular flexibility index (Phi) is 5.01. The average molecular weight is 278 g/mol. The number of rotatable bonds is 4. The van der Waals surface area contributed by atoms with Gasteiger partial charge in [-0.3, -0.25) is 4.89 Å². The summed E-state index contributed by atoms with van der Waals surface area (Å²) in [4.78, 5) is 22.5. The summed E-state index contributed by atoms with van der Waals surface area (Å²) < 4.78 is 5.14. The lowest BCUT2D eigenvalue weighted by molar-refractivity contribution is -0.299. The van der Waals surface area contributed by atoms with Gasteiger partial charge in [0.2, 0.25) is 0 Å². The zero-order chi connectivity index (χ0) is 14.5. The van der Waals surface area contributed by atoms with Crippen LogP contribution in [0.2, 0.25) is 0 Å². The lowest BCUT2D eigenvalue weighted by Gasteiger charge is -2.32. The molecule has 110 valence electrons. The number of carbonyl (C=O) groups is 1. The predicted octanol–water partition coefficient (Wildman–Crippen LogP) is 3.61. The standard InChI is InChI=1S/C16H22O4/c1-11-7-6-8-12(2)15(11)19-20-16(17)13-9-4-5-10-14(13)18-3/h4-5,9-12,15H,6-8H2,1-3H3. The van der Waals surface area contributed by atoms with Gasteiger partial charge in [-0.15, -0.1) is 0 Å². The van der Waals surface area contributed by atoms with E-state index in [1.807, 2.05) is 6.07 Å². The monoisotopic (exact) mass is 278 g/mol. The van der Waals surface area contributed by atoms with Gasteiger partial charge in [-0.2, -0.15) is 4.89 Å². The van der Waals surface area contributed by atoms with E-state index in [0.717, 1.165) is 12.8 Å². The van der Waals surface area contributed by atoms with Crippen molar-refractivity contribution in [3.63, 3.8) is 0 Å². The number of benzene rings is 1. The molecular weight excluding hydrogens is 256 g/mol. The highest BCUT2D eigenvalue weighted by atomic mass is 17.2. The van der Waals surface area contributed by atoms with E-state index in [2.05, 4.69) is 13.8 Å². The van der Waals surface area contributed by atoms with Crippen LogP contribution in [0.15, 0.2) is 24.3 Å². The molecule has 2 atom stereocenters. The van der Waals surface area contributed by atoms with Crippen molar-refractivity contribution < 1.29 is 19.3 Å². The fourth-order valence-corrected chi connectivity index (χ4v) is 2.80. The third-order valence-corrected chi connectivity index (χ3v) is 4.00. The minimum atomic E-state index is -0.507. The van der Waals surface area contributed by atoms with Crippen LogP contribution in [0.25, 0.3) is 0 Å². The van der Waals surface area contributed by atoms with Crippen molar-refractivity contribution in [3.8, 4) is 5.75 Å². The van der Waals surface area contributed by atoms with E-state index >= 15 is 0 Å². The van der Waals surface area contributed by atoms with Crippen LogP contribution in [-0.2, 0) is 9.78 Å². The highest BCUT2D eigenvalue weighted by Gasteiger charge is 2.31. The maximum atomic E-state index is 12.1. The zero-order valence-electron chi connectivity index (χ0n) is 12.3. The molecule has 0 heterocycles. The molecule has 2 unspecified atom stereocenters. The van der Waals surface area contributed by atoms with Gasteiger partial charge in [0.05, 0.1) is 7.11 Å². The summed E-state index contributed by atoms with van der Waals surface area (Å²) in [5.74, 6) is 0.798. The maximum absolute atomic E-state index is 12.1. The first kappa shape index (κ1) is 14.9. The van der Waals surface area contributed by atoms with Gasteiger partial charge < -0.3 is 4.74 Å². The Labute approximate surface area is 120 Å². The van der Waals surface area contributed by atoms with Crippen LogP contribution in [0.5, 0.6) is 5.75 Å². The number of para-hydroxylation sites is 1. The Balaban J connectivity index is 1.98. The molecule has 1 fully saturated rings. The second-order valence-electron chi connectivity index (χ2n) is 5.52. The van der Waals surface area contributed by atoms with Crippen LogP contribution in [0.3, 0.4) is 0 Å². The van der Waals surface area contributed by atoms with E-state index in [4.69, 9.17) is 14.5 Å². The van der Waals surface area contributed by atoms with Crippen LogP contribution < -0.4 is 4.74 Å². The summed E-state index contributed by atoms with van der Waals surface area (Å²) in [5, 5.41) is 0. The van der Waals surface area contributed by atoms with Crippen LogP contribution in [0.4, 0.5) is 0 Å². The van der Waals surface area contributed by atoms with Crippen molar-refractivity contribution in [2.24, 2.45) is 11.8 Å².